The lowest BCUT2D eigenvalue weighted by atomic mass is 10.1. The number of fused-ring (bicyclic) bond motifs is 2. The average molecular weight is 663 g/mol. The number of rotatable bonds is 7. The number of hydrogen-bond acceptors (Lipinski definition) is 12. The summed E-state index contributed by atoms with van der Waals surface area (Å²) in [5.41, 5.74) is 7.95. The van der Waals surface area contributed by atoms with Gasteiger partial charge in [0.25, 0.3) is 0 Å². The molecule has 0 radical (unpaired) electrons. The highest BCUT2D eigenvalue weighted by atomic mass is 32.1. The maximum absolute atomic E-state index is 7.39. The van der Waals surface area contributed by atoms with Crippen LogP contribution >= 0.6 is 23.8 Å². The molecule has 2 aliphatic heterocycles. The lowest BCUT2D eigenvalue weighted by molar-refractivity contribution is -0.0384. The van der Waals surface area contributed by atoms with E-state index in [1.165, 1.54) is 17.9 Å². The van der Waals surface area contributed by atoms with Crippen LogP contribution in [0.4, 0.5) is 5.82 Å². The molecule has 0 bridgehead atoms. The zero-order chi connectivity index (χ0) is 31.1. The summed E-state index contributed by atoms with van der Waals surface area (Å²) in [6, 6.07) is 9.31. The molecule has 1 aromatic carbocycles. The minimum Gasteiger partial charge on any atom is -0.447 e. The number of hydrogen-bond donors (Lipinski definition) is 1. The first kappa shape index (κ1) is 32.4. The van der Waals surface area contributed by atoms with E-state index in [2.05, 4.69) is 69.7 Å². The lowest BCUT2D eigenvalue weighted by Gasteiger charge is -2.51. The number of anilines is 1. The van der Waals surface area contributed by atoms with Crippen molar-refractivity contribution >= 4 is 63.0 Å². The second kappa shape index (κ2) is 12.8. The van der Waals surface area contributed by atoms with Crippen LogP contribution in [-0.2, 0) is 22.4 Å². The number of ether oxygens (including phenoxy) is 3. The highest BCUT2D eigenvalue weighted by molar-refractivity contribution is 7.79. The summed E-state index contributed by atoms with van der Waals surface area (Å²) in [6.45, 7) is 17.8. The van der Waals surface area contributed by atoms with Crippen LogP contribution < -0.4 is 10.5 Å². The molecule has 2 N–H and O–H groups in total. The second-order valence-corrected chi connectivity index (χ2v) is 22.4. The van der Waals surface area contributed by atoms with Crippen LogP contribution in [0.1, 0.15) is 66.4 Å². The molecule has 0 spiro atoms. The van der Waals surface area contributed by atoms with Crippen LogP contribution in [0.25, 0.3) is 11.0 Å². The van der Waals surface area contributed by atoms with Gasteiger partial charge in [-0.05, 0) is 45.8 Å². The van der Waals surface area contributed by atoms with Gasteiger partial charge in [-0.1, -0.05) is 73.6 Å². The quantitative estimate of drug-likeness (QED) is 0.212. The standard InChI is InChI=1S/C29H42N4O6S2Si2/c1-16(2)42(17(3)4)34-14-21-24(38-43(39-42,18(5)6)19(7)8)25(37-29(40)35-20-12-10-9-11-13-20)26(36-21)27-22-23(33-41-27)28(30)32-15-31-22/h9-13,15-19,21,24-26H,14H2,1-8H3,(H2,30,31,32)/t21-,24?,25+,26+/m0/s1. The zero-order valence-corrected chi connectivity index (χ0v) is 29.6. The molecule has 10 nitrogen and oxygen atoms in total. The van der Waals surface area contributed by atoms with E-state index in [-0.39, 0.29) is 27.4 Å². The molecule has 234 valence electrons. The van der Waals surface area contributed by atoms with Crippen molar-refractivity contribution in [3.63, 3.8) is 0 Å². The highest BCUT2D eigenvalue weighted by Gasteiger charge is 2.62. The average Bonchev–Trinajstić information content (AvgIpc) is 3.50. The van der Waals surface area contributed by atoms with E-state index in [0.717, 1.165) is 4.88 Å². The summed E-state index contributed by atoms with van der Waals surface area (Å²) in [5.74, 6) is 0.881. The summed E-state index contributed by atoms with van der Waals surface area (Å²) in [7, 11) is -5.74. The first-order valence-corrected chi connectivity index (χ1v) is 20.0. The first-order valence-electron chi connectivity index (χ1n) is 14.9. The van der Waals surface area contributed by atoms with Crippen molar-refractivity contribution in [2.75, 3.05) is 12.3 Å². The Morgan fingerprint density at radius 1 is 0.953 bits per heavy atom. The van der Waals surface area contributed by atoms with Crippen LogP contribution in [0.3, 0.4) is 0 Å². The third kappa shape index (κ3) is 6.00. The Balaban J connectivity index is 1.60. The normalized spacial score (nSPS) is 25.2. The third-order valence-corrected chi connectivity index (χ3v) is 19.7. The van der Waals surface area contributed by atoms with Crippen LogP contribution in [0, 0.1) is 0 Å². The van der Waals surface area contributed by atoms with Crippen LogP contribution in [-0.4, -0.2) is 61.6 Å². The van der Waals surface area contributed by atoms with Gasteiger partial charge in [-0.25, -0.2) is 9.97 Å². The molecule has 0 aliphatic carbocycles. The van der Waals surface area contributed by atoms with Crippen molar-refractivity contribution in [2.24, 2.45) is 0 Å². The Morgan fingerprint density at radius 2 is 1.60 bits per heavy atom. The number of para-hydroxylation sites is 1. The molecule has 14 heteroatoms. The molecule has 4 heterocycles. The number of nitrogens with two attached hydrogens (primary N) is 1. The Kier molecular flexibility index (Phi) is 9.59. The predicted octanol–water partition coefficient (Wildman–Crippen LogP) is 6.81. The van der Waals surface area contributed by atoms with Crippen molar-refractivity contribution in [2.45, 2.75) is 102 Å². The van der Waals surface area contributed by atoms with Crippen molar-refractivity contribution in [1.29, 1.82) is 0 Å². The number of nitrogens with zero attached hydrogens (tertiary/aromatic N) is 3. The number of aromatic nitrogens is 3. The van der Waals surface area contributed by atoms with E-state index >= 15 is 0 Å². The Morgan fingerprint density at radius 3 is 2.23 bits per heavy atom. The minimum absolute atomic E-state index is 0.0321. The van der Waals surface area contributed by atoms with E-state index in [1.54, 1.807) is 0 Å². The van der Waals surface area contributed by atoms with Gasteiger partial charge in [-0.3, -0.25) is 0 Å². The molecule has 5 rings (SSSR count). The predicted molar refractivity (Wildman–Crippen MR) is 176 cm³/mol. The summed E-state index contributed by atoms with van der Waals surface area (Å²) in [5, 5.41) is -0.0321. The fraction of sp³-hybridized carbons (Fsp3) is 0.586. The summed E-state index contributed by atoms with van der Waals surface area (Å²) in [6.07, 6.45) is -0.894. The molecular formula is C29H42N4O6S2Si2. The van der Waals surface area contributed by atoms with E-state index in [0.29, 0.717) is 29.2 Å². The smallest absolute Gasteiger partial charge is 0.358 e. The van der Waals surface area contributed by atoms with Gasteiger partial charge in [0, 0.05) is 12.2 Å². The van der Waals surface area contributed by atoms with Gasteiger partial charge in [0.2, 0.25) is 0 Å². The fourth-order valence-corrected chi connectivity index (χ4v) is 18.5. The number of thiocarbonyl (C=S) groups is 1. The SMILES string of the molecule is CC(C)[Si]1(C(C)C)OC[C@@H]2O[C@@H](c3snc4c(N)ncnc34)[C@H](OC(=S)Oc3ccccc3)C2O[Si](C(C)C)(C(C)C)O1. The largest absolute Gasteiger partial charge is 0.447 e. The summed E-state index contributed by atoms with van der Waals surface area (Å²) in [4.78, 5) is 9.38. The van der Waals surface area contributed by atoms with Gasteiger partial charge in [0.15, 0.2) is 11.9 Å². The monoisotopic (exact) mass is 662 g/mol. The van der Waals surface area contributed by atoms with Gasteiger partial charge >= 0.3 is 22.4 Å². The zero-order valence-electron chi connectivity index (χ0n) is 26.0. The molecule has 2 aromatic heterocycles. The molecule has 43 heavy (non-hydrogen) atoms. The Hall–Kier alpha value is -2.05. The molecule has 2 saturated heterocycles. The van der Waals surface area contributed by atoms with Gasteiger partial charge in [0.1, 0.15) is 41.4 Å². The van der Waals surface area contributed by atoms with Crippen LogP contribution in [0.2, 0.25) is 22.2 Å². The van der Waals surface area contributed by atoms with Crippen molar-refractivity contribution in [1.82, 2.24) is 14.3 Å². The Labute approximate surface area is 265 Å². The topological polar surface area (TPSA) is 120 Å². The maximum Gasteiger partial charge on any atom is 0.358 e. The third-order valence-electron chi connectivity index (χ3n) is 8.40. The van der Waals surface area contributed by atoms with E-state index in [1.807, 2.05) is 30.3 Å². The number of benzene rings is 1. The summed E-state index contributed by atoms with van der Waals surface area (Å²) < 4.78 is 45.5. The fourth-order valence-electron chi connectivity index (χ4n) is 6.19. The van der Waals surface area contributed by atoms with E-state index < -0.39 is 41.5 Å². The first-order chi connectivity index (χ1) is 20.4. The molecule has 3 aromatic rings. The van der Waals surface area contributed by atoms with Gasteiger partial charge < -0.3 is 32.9 Å². The van der Waals surface area contributed by atoms with Crippen molar-refractivity contribution in [3.05, 3.63) is 41.5 Å². The van der Waals surface area contributed by atoms with Crippen molar-refractivity contribution < 1.29 is 27.2 Å². The van der Waals surface area contributed by atoms with E-state index in [4.69, 9.17) is 45.1 Å². The highest BCUT2D eigenvalue weighted by Crippen LogP contribution is 2.50. The van der Waals surface area contributed by atoms with E-state index in [9.17, 15) is 0 Å². The molecule has 1 unspecified atom stereocenters. The van der Waals surface area contributed by atoms with Crippen LogP contribution in [0.5, 0.6) is 5.75 Å². The van der Waals surface area contributed by atoms with Crippen molar-refractivity contribution in [3.8, 4) is 5.75 Å². The Bertz CT molecular complexity index is 1410. The van der Waals surface area contributed by atoms with Gasteiger partial charge in [-0.2, -0.15) is 4.37 Å². The molecular weight excluding hydrogens is 621 g/mol. The van der Waals surface area contributed by atoms with Gasteiger partial charge in [-0.15, -0.1) is 0 Å². The molecule has 4 atom stereocenters. The minimum atomic E-state index is -2.98. The summed E-state index contributed by atoms with van der Waals surface area (Å²) >= 11 is 6.89. The molecule has 2 aliphatic rings. The van der Waals surface area contributed by atoms with Crippen LogP contribution in [0.15, 0.2) is 36.7 Å². The maximum atomic E-state index is 7.39. The second-order valence-electron chi connectivity index (χ2n) is 12.4. The molecule has 2 fully saturated rings. The lowest BCUT2D eigenvalue weighted by Crippen LogP contribution is -2.66. The molecule has 0 saturated carbocycles. The van der Waals surface area contributed by atoms with Gasteiger partial charge in [0.05, 0.1) is 11.5 Å². The number of nitrogen functional groups attached to an aromatic ring is 1. The molecule has 0 amide bonds.